The molecule has 0 aliphatic rings. The Labute approximate surface area is 173 Å². The van der Waals surface area contributed by atoms with E-state index in [0.717, 1.165) is 12.1 Å². The van der Waals surface area contributed by atoms with Crippen LogP contribution in [0.4, 0.5) is 13.2 Å². The van der Waals surface area contributed by atoms with Crippen molar-refractivity contribution >= 4 is 16.9 Å². The molecular formula is C21H16F3N3O4. The molecule has 0 bridgehead atoms. The number of nitrogens with zero attached hydrogens (tertiary/aromatic N) is 3. The van der Waals surface area contributed by atoms with Crippen molar-refractivity contribution in [1.82, 2.24) is 15.0 Å². The number of aromatic nitrogens is 3. The first kappa shape index (κ1) is 20.5. The molecule has 0 fully saturated rings. The number of rotatable bonds is 6. The van der Waals surface area contributed by atoms with Gasteiger partial charge in [0.2, 0.25) is 0 Å². The van der Waals surface area contributed by atoms with Crippen molar-refractivity contribution in [2.24, 2.45) is 0 Å². The van der Waals surface area contributed by atoms with Crippen molar-refractivity contribution in [1.29, 1.82) is 0 Å². The van der Waals surface area contributed by atoms with Gasteiger partial charge in [0.15, 0.2) is 0 Å². The summed E-state index contributed by atoms with van der Waals surface area (Å²) in [5.74, 6) is -0.457. The van der Waals surface area contributed by atoms with Gasteiger partial charge in [0.05, 0.1) is 29.6 Å². The first-order valence-corrected chi connectivity index (χ1v) is 9.16. The van der Waals surface area contributed by atoms with E-state index in [0.29, 0.717) is 39.4 Å². The van der Waals surface area contributed by atoms with E-state index in [2.05, 4.69) is 10.2 Å². The number of ether oxygens (including phenoxy) is 1. The molecule has 2 heterocycles. The van der Waals surface area contributed by atoms with Crippen LogP contribution in [0.2, 0.25) is 0 Å². The van der Waals surface area contributed by atoms with Crippen LogP contribution in [0.25, 0.3) is 16.7 Å². The summed E-state index contributed by atoms with van der Waals surface area (Å²) in [6.45, 7) is 1.81. The molecular weight excluding hydrogens is 415 g/mol. The summed E-state index contributed by atoms with van der Waals surface area (Å²) in [5.41, 5.74) is 1.81. The van der Waals surface area contributed by atoms with Crippen LogP contribution in [0.3, 0.4) is 0 Å². The number of halogens is 3. The van der Waals surface area contributed by atoms with Crippen molar-refractivity contribution in [2.45, 2.75) is 26.1 Å². The molecule has 0 atom stereocenters. The number of fused-ring (bicyclic) bond motifs is 1. The number of benzene rings is 2. The van der Waals surface area contributed by atoms with Gasteiger partial charge in [0, 0.05) is 17.0 Å². The predicted octanol–water partition coefficient (Wildman–Crippen LogP) is 4.55. The molecule has 0 saturated heterocycles. The molecule has 160 valence electrons. The number of carboxylic acids is 1. The van der Waals surface area contributed by atoms with Crippen LogP contribution in [-0.2, 0) is 24.0 Å². The largest absolute Gasteiger partial charge is 0.487 e. The van der Waals surface area contributed by atoms with Crippen LogP contribution in [0.5, 0.6) is 5.75 Å². The number of furan rings is 1. The molecule has 0 aliphatic carbocycles. The zero-order valence-corrected chi connectivity index (χ0v) is 16.2. The smallest absolute Gasteiger partial charge is 0.416 e. The van der Waals surface area contributed by atoms with Crippen molar-refractivity contribution in [3.8, 4) is 11.4 Å². The number of carboxylic acid groups (broad SMARTS) is 1. The van der Waals surface area contributed by atoms with Gasteiger partial charge in [-0.15, -0.1) is 5.10 Å². The van der Waals surface area contributed by atoms with Gasteiger partial charge in [-0.1, -0.05) is 0 Å². The fourth-order valence-corrected chi connectivity index (χ4v) is 3.05. The van der Waals surface area contributed by atoms with Crippen molar-refractivity contribution < 1.29 is 32.2 Å². The van der Waals surface area contributed by atoms with Gasteiger partial charge in [-0.05, 0) is 43.3 Å². The highest BCUT2D eigenvalue weighted by atomic mass is 19.4. The van der Waals surface area contributed by atoms with Crippen molar-refractivity contribution in [3.63, 3.8) is 0 Å². The Hall–Kier alpha value is -3.82. The molecule has 10 heteroatoms. The molecule has 0 aliphatic heterocycles. The minimum absolute atomic E-state index is 0.0840. The van der Waals surface area contributed by atoms with Crippen LogP contribution in [0.1, 0.15) is 22.5 Å². The van der Waals surface area contributed by atoms with E-state index in [4.69, 9.17) is 14.3 Å². The fraction of sp³-hybridized carbons (Fsp3) is 0.190. The number of hydrogen-bond donors (Lipinski definition) is 1. The molecule has 1 N–H and O–H groups in total. The molecule has 2 aromatic heterocycles. The number of carbonyl (C=O) groups is 1. The lowest BCUT2D eigenvalue weighted by atomic mass is 10.1. The maximum atomic E-state index is 12.7. The van der Waals surface area contributed by atoms with Gasteiger partial charge in [-0.25, -0.2) is 0 Å². The Morgan fingerprint density at radius 1 is 1.16 bits per heavy atom. The third kappa shape index (κ3) is 4.37. The van der Waals surface area contributed by atoms with Gasteiger partial charge in [0.1, 0.15) is 23.6 Å². The lowest BCUT2D eigenvalue weighted by Crippen LogP contribution is -2.06. The second-order valence-electron chi connectivity index (χ2n) is 6.84. The van der Waals surface area contributed by atoms with E-state index < -0.39 is 17.7 Å². The maximum Gasteiger partial charge on any atom is 0.416 e. The molecule has 0 radical (unpaired) electrons. The average Bonchev–Trinajstić information content (AvgIpc) is 3.28. The highest BCUT2D eigenvalue weighted by Gasteiger charge is 2.30. The minimum Gasteiger partial charge on any atom is -0.487 e. The summed E-state index contributed by atoms with van der Waals surface area (Å²) >= 11 is 0. The van der Waals surface area contributed by atoms with Gasteiger partial charge in [-0.2, -0.15) is 23.1 Å². The highest BCUT2D eigenvalue weighted by Crippen LogP contribution is 2.30. The monoisotopic (exact) mass is 431 g/mol. The molecule has 2 aromatic carbocycles. The molecule has 7 nitrogen and oxygen atoms in total. The van der Waals surface area contributed by atoms with Crippen molar-refractivity contribution in [3.05, 3.63) is 71.2 Å². The van der Waals surface area contributed by atoms with E-state index in [1.165, 1.54) is 23.2 Å². The number of alkyl halides is 3. The Morgan fingerprint density at radius 3 is 2.58 bits per heavy atom. The predicted molar refractivity (Wildman–Crippen MR) is 103 cm³/mol. The topological polar surface area (TPSA) is 90.4 Å². The summed E-state index contributed by atoms with van der Waals surface area (Å²) < 4.78 is 49.3. The normalized spacial score (nSPS) is 11.7. The summed E-state index contributed by atoms with van der Waals surface area (Å²) in [5, 5.41) is 18.2. The molecule has 0 spiro atoms. The van der Waals surface area contributed by atoms with Gasteiger partial charge < -0.3 is 14.3 Å². The third-order valence-electron chi connectivity index (χ3n) is 4.65. The second kappa shape index (κ2) is 7.78. The van der Waals surface area contributed by atoms with E-state index in [-0.39, 0.29) is 13.0 Å². The zero-order valence-electron chi connectivity index (χ0n) is 16.2. The SMILES string of the molecule is Cc1nn(-c2ccc(C(F)(F)F)cc2)nc1COc1ccc2c(CC(=O)O)coc2c1. The molecule has 4 rings (SSSR count). The number of aryl methyl sites for hydroxylation is 1. The van der Waals surface area contributed by atoms with Crippen LogP contribution in [0, 0.1) is 6.92 Å². The molecule has 4 aromatic rings. The number of aliphatic carboxylic acids is 1. The van der Waals surface area contributed by atoms with Crippen LogP contribution < -0.4 is 4.74 Å². The second-order valence-corrected chi connectivity index (χ2v) is 6.84. The molecule has 0 unspecified atom stereocenters. The summed E-state index contributed by atoms with van der Waals surface area (Å²) in [7, 11) is 0. The van der Waals surface area contributed by atoms with Crippen LogP contribution >= 0.6 is 0 Å². The maximum absolute atomic E-state index is 12.7. The lowest BCUT2D eigenvalue weighted by Gasteiger charge is -2.07. The Kier molecular flexibility index (Phi) is 5.14. The van der Waals surface area contributed by atoms with E-state index in [9.17, 15) is 18.0 Å². The Bertz CT molecular complexity index is 1240. The Morgan fingerprint density at radius 2 is 1.90 bits per heavy atom. The highest BCUT2D eigenvalue weighted by molar-refractivity contribution is 5.86. The van der Waals surface area contributed by atoms with E-state index in [1.807, 2.05) is 0 Å². The van der Waals surface area contributed by atoms with Crippen LogP contribution in [-0.4, -0.2) is 26.1 Å². The van der Waals surface area contributed by atoms with Gasteiger partial charge in [-0.3, -0.25) is 4.79 Å². The van der Waals surface area contributed by atoms with E-state index >= 15 is 0 Å². The third-order valence-corrected chi connectivity index (χ3v) is 4.65. The minimum atomic E-state index is -4.41. The Balaban J connectivity index is 1.48. The first-order chi connectivity index (χ1) is 14.7. The summed E-state index contributed by atoms with van der Waals surface area (Å²) in [6, 6.07) is 9.61. The fourth-order valence-electron chi connectivity index (χ4n) is 3.05. The first-order valence-electron chi connectivity index (χ1n) is 9.16. The summed E-state index contributed by atoms with van der Waals surface area (Å²) in [4.78, 5) is 12.2. The quantitative estimate of drug-likeness (QED) is 0.482. The van der Waals surface area contributed by atoms with E-state index in [1.54, 1.807) is 25.1 Å². The zero-order chi connectivity index (χ0) is 22.2. The number of hydrogen-bond acceptors (Lipinski definition) is 5. The molecule has 0 amide bonds. The average molecular weight is 431 g/mol. The van der Waals surface area contributed by atoms with Crippen LogP contribution in [0.15, 0.2) is 53.1 Å². The molecule has 31 heavy (non-hydrogen) atoms. The summed E-state index contributed by atoms with van der Waals surface area (Å²) in [6.07, 6.45) is -3.14. The van der Waals surface area contributed by atoms with Gasteiger partial charge >= 0.3 is 12.1 Å². The van der Waals surface area contributed by atoms with Gasteiger partial charge in [0.25, 0.3) is 0 Å². The van der Waals surface area contributed by atoms with Crippen molar-refractivity contribution in [2.75, 3.05) is 0 Å². The standard InChI is InChI=1S/C21H16F3N3O4/c1-12-18(26-27(25-12)15-4-2-14(3-5-15)21(22,23)24)11-30-16-6-7-17-13(8-20(28)29)10-31-19(17)9-16/h2-7,9-10H,8,11H2,1H3,(H,28,29). The molecule has 0 saturated carbocycles. The lowest BCUT2D eigenvalue weighted by molar-refractivity contribution is -0.138.